The molecule has 7 heteroatoms. The van der Waals surface area contributed by atoms with E-state index in [-0.39, 0.29) is 11.2 Å². The van der Waals surface area contributed by atoms with Crippen LogP contribution in [0.5, 0.6) is 11.5 Å². The van der Waals surface area contributed by atoms with Gasteiger partial charge in [-0.05, 0) is 31.5 Å². The second kappa shape index (κ2) is 7.17. The van der Waals surface area contributed by atoms with Crippen LogP contribution < -0.4 is 15.2 Å². The second-order valence-electron chi connectivity index (χ2n) is 5.45. The zero-order chi connectivity index (χ0) is 17.1. The van der Waals surface area contributed by atoms with Gasteiger partial charge in [0, 0.05) is 12.1 Å². The lowest BCUT2D eigenvalue weighted by atomic mass is 10.1. The Bertz CT molecular complexity index is 745. The molecule has 2 N–H and O–H groups in total. The Hall–Kier alpha value is -2.15. The number of primary amides is 1. The normalized spacial score (nSPS) is 14.4. The third-order valence-corrected chi connectivity index (χ3v) is 5.30. The molecule has 3 rings (SSSR count). The van der Waals surface area contributed by atoms with Crippen molar-refractivity contribution in [1.82, 2.24) is 9.55 Å². The number of carbonyl (C=O) groups is 1. The summed E-state index contributed by atoms with van der Waals surface area (Å²) in [6.07, 6.45) is 2.50. The summed E-state index contributed by atoms with van der Waals surface area (Å²) in [6.45, 7) is 5.89. The Morgan fingerprint density at radius 3 is 2.75 bits per heavy atom. The molecule has 128 valence electrons. The Morgan fingerprint density at radius 1 is 1.33 bits per heavy atom. The summed E-state index contributed by atoms with van der Waals surface area (Å²) in [5.41, 5.74) is 7.44. The number of carbonyl (C=O) groups excluding carboxylic acids is 1. The van der Waals surface area contributed by atoms with Crippen molar-refractivity contribution in [2.75, 3.05) is 13.2 Å². The molecule has 1 aliphatic rings. The maximum absolute atomic E-state index is 11.5. The molecule has 1 atom stereocenters. The predicted molar refractivity (Wildman–Crippen MR) is 93.5 cm³/mol. The topological polar surface area (TPSA) is 79.4 Å². The molecule has 0 fully saturated rings. The van der Waals surface area contributed by atoms with Crippen molar-refractivity contribution in [2.24, 2.45) is 5.73 Å². The van der Waals surface area contributed by atoms with Crippen LogP contribution in [0.1, 0.15) is 20.3 Å². The van der Waals surface area contributed by atoms with E-state index in [9.17, 15) is 4.79 Å². The van der Waals surface area contributed by atoms with E-state index in [2.05, 4.69) is 16.5 Å². The summed E-state index contributed by atoms with van der Waals surface area (Å²) in [6, 6.07) is 5.88. The fraction of sp³-hybridized carbons (Fsp3) is 0.412. The number of hydrogen-bond donors (Lipinski definition) is 1. The van der Waals surface area contributed by atoms with Crippen molar-refractivity contribution < 1.29 is 14.3 Å². The third-order valence-electron chi connectivity index (χ3n) is 3.91. The molecule has 1 aromatic carbocycles. The molecule has 0 saturated heterocycles. The monoisotopic (exact) mass is 347 g/mol. The number of benzene rings is 1. The maximum Gasteiger partial charge on any atom is 0.231 e. The highest BCUT2D eigenvalue weighted by molar-refractivity contribution is 8.00. The molecule has 0 bridgehead atoms. The number of hydrogen-bond acceptors (Lipinski definition) is 5. The Labute approximate surface area is 145 Å². The SMILES string of the molecule is CCC(Sc1ncc(-c2ccc3c(c2)OCCO3)n1CC)C(N)=O. The van der Waals surface area contributed by atoms with Crippen LogP contribution >= 0.6 is 11.8 Å². The van der Waals surface area contributed by atoms with Gasteiger partial charge in [0.1, 0.15) is 13.2 Å². The second-order valence-corrected chi connectivity index (χ2v) is 6.62. The first kappa shape index (κ1) is 16.7. The van der Waals surface area contributed by atoms with Crippen LogP contribution in [0.25, 0.3) is 11.3 Å². The van der Waals surface area contributed by atoms with Gasteiger partial charge in [-0.15, -0.1) is 0 Å². The molecule has 6 nitrogen and oxygen atoms in total. The molecule has 0 radical (unpaired) electrons. The number of ether oxygens (including phenoxy) is 2. The van der Waals surface area contributed by atoms with Gasteiger partial charge in [0.25, 0.3) is 0 Å². The number of fused-ring (bicyclic) bond motifs is 1. The first-order chi connectivity index (χ1) is 11.6. The van der Waals surface area contributed by atoms with E-state index >= 15 is 0 Å². The molecule has 1 aromatic heterocycles. The number of nitrogens with two attached hydrogens (primary N) is 1. The molecule has 1 amide bonds. The smallest absolute Gasteiger partial charge is 0.231 e. The summed E-state index contributed by atoms with van der Waals surface area (Å²) in [4.78, 5) is 16.0. The van der Waals surface area contributed by atoms with Gasteiger partial charge in [-0.1, -0.05) is 18.7 Å². The largest absolute Gasteiger partial charge is 0.486 e. The summed E-state index contributed by atoms with van der Waals surface area (Å²) in [5.74, 6) is 1.20. The van der Waals surface area contributed by atoms with Gasteiger partial charge in [0.05, 0.1) is 17.1 Å². The number of amides is 1. The van der Waals surface area contributed by atoms with Gasteiger partial charge in [-0.3, -0.25) is 4.79 Å². The first-order valence-electron chi connectivity index (χ1n) is 8.05. The number of nitrogens with zero attached hydrogens (tertiary/aromatic N) is 2. The van der Waals surface area contributed by atoms with E-state index in [1.807, 2.05) is 31.3 Å². The van der Waals surface area contributed by atoms with Crippen molar-refractivity contribution in [3.8, 4) is 22.8 Å². The van der Waals surface area contributed by atoms with E-state index < -0.39 is 0 Å². The minimum atomic E-state index is -0.311. The Kier molecular flexibility index (Phi) is 4.99. The van der Waals surface area contributed by atoms with Gasteiger partial charge < -0.3 is 19.8 Å². The molecule has 24 heavy (non-hydrogen) atoms. The molecule has 2 aromatic rings. The lowest BCUT2D eigenvalue weighted by molar-refractivity contribution is -0.117. The summed E-state index contributed by atoms with van der Waals surface area (Å²) >= 11 is 1.41. The first-order valence-corrected chi connectivity index (χ1v) is 8.93. The van der Waals surface area contributed by atoms with E-state index in [1.165, 1.54) is 11.8 Å². The summed E-state index contributed by atoms with van der Waals surface area (Å²) in [5, 5.41) is 0.527. The van der Waals surface area contributed by atoms with Crippen molar-refractivity contribution >= 4 is 17.7 Å². The highest BCUT2D eigenvalue weighted by Crippen LogP contribution is 2.36. The highest BCUT2D eigenvalue weighted by Gasteiger charge is 2.20. The van der Waals surface area contributed by atoms with Gasteiger partial charge >= 0.3 is 0 Å². The average Bonchev–Trinajstić information content (AvgIpc) is 3.01. The lowest BCUT2D eigenvalue weighted by Crippen LogP contribution is -2.25. The van der Waals surface area contributed by atoms with Crippen molar-refractivity contribution in [3.63, 3.8) is 0 Å². The van der Waals surface area contributed by atoms with E-state index in [0.717, 1.165) is 34.5 Å². The van der Waals surface area contributed by atoms with Gasteiger partial charge in [-0.25, -0.2) is 4.98 Å². The summed E-state index contributed by atoms with van der Waals surface area (Å²) in [7, 11) is 0. The minimum absolute atomic E-state index is 0.272. The Morgan fingerprint density at radius 2 is 2.08 bits per heavy atom. The van der Waals surface area contributed by atoms with Crippen LogP contribution in [0.3, 0.4) is 0 Å². The van der Waals surface area contributed by atoms with Crippen LogP contribution in [0.2, 0.25) is 0 Å². The van der Waals surface area contributed by atoms with E-state index in [1.54, 1.807) is 0 Å². The van der Waals surface area contributed by atoms with Crippen LogP contribution in [-0.2, 0) is 11.3 Å². The van der Waals surface area contributed by atoms with E-state index in [0.29, 0.717) is 19.6 Å². The standard InChI is InChI=1S/C17H21N3O3S/c1-3-15(16(18)21)24-17-19-10-12(20(17)4-2)11-5-6-13-14(9-11)23-8-7-22-13/h5-6,9-10,15H,3-4,7-8H2,1-2H3,(H2,18,21). The van der Waals surface area contributed by atoms with Crippen LogP contribution in [0.4, 0.5) is 0 Å². The molecule has 0 aliphatic carbocycles. The van der Waals surface area contributed by atoms with Gasteiger partial charge in [-0.2, -0.15) is 0 Å². The highest BCUT2D eigenvalue weighted by atomic mass is 32.2. The fourth-order valence-electron chi connectivity index (χ4n) is 2.66. The number of rotatable bonds is 6. The van der Waals surface area contributed by atoms with Crippen molar-refractivity contribution in [3.05, 3.63) is 24.4 Å². The van der Waals surface area contributed by atoms with Crippen LogP contribution in [0.15, 0.2) is 29.6 Å². The van der Waals surface area contributed by atoms with Gasteiger partial charge in [0.2, 0.25) is 5.91 Å². The number of imidazole rings is 1. The maximum atomic E-state index is 11.5. The molecule has 1 unspecified atom stereocenters. The third kappa shape index (κ3) is 3.21. The Balaban J connectivity index is 1.93. The minimum Gasteiger partial charge on any atom is -0.486 e. The lowest BCUT2D eigenvalue weighted by Gasteiger charge is -2.19. The van der Waals surface area contributed by atoms with Crippen LogP contribution in [-0.4, -0.2) is 33.9 Å². The molecule has 2 heterocycles. The van der Waals surface area contributed by atoms with Gasteiger partial charge in [0.15, 0.2) is 16.7 Å². The number of thioether (sulfide) groups is 1. The molecule has 0 saturated carbocycles. The van der Waals surface area contributed by atoms with E-state index in [4.69, 9.17) is 15.2 Å². The summed E-state index contributed by atoms with van der Waals surface area (Å²) < 4.78 is 13.3. The average molecular weight is 347 g/mol. The predicted octanol–water partition coefficient (Wildman–Crippen LogP) is 2.70. The molecular formula is C17H21N3O3S. The zero-order valence-corrected chi connectivity index (χ0v) is 14.6. The molecule has 1 aliphatic heterocycles. The fourth-order valence-corrected chi connectivity index (χ4v) is 3.67. The van der Waals surface area contributed by atoms with Crippen molar-refractivity contribution in [2.45, 2.75) is 37.2 Å². The van der Waals surface area contributed by atoms with Crippen LogP contribution in [0, 0.1) is 0 Å². The molecular weight excluding hydrogens is 326 g/mol. The quantitative estimate of drug-likeness (QED) is 0.813. The zero-order valence-electron chi connectivity index (χ0n) is 13.8. The molecule has 0 spiro atoms. The number of aromatic nitrogens is 2. The van der Waals surface area contributed by atoms with Crippen molar-refractivity contribution in [1.29, 1.82) is 0 Å².